The molecule has 1 atom stereocenters. The van der Waals surface area contributed by atoms with Gasteiger partial charge >= 0.3 is 6.03 Å². The quantitative estimate of drug-likeness (QED) is 0.721. The van der Waals surface area contributed by atoms with Crippen LogP contribution in [0.15, 0.2) is 42.5 Å². The van der Waals surface area contributed by atoms with Crippen LogP contribution < -0.4 is 20.1 Å². The molecule has 2 N–H and O–H groups in total. The molecule has 2 heterocycles. The standard InChI is InChI=1S/C23H25N3O5/c1-3-15-5-8-17(9-6-15)24-20(27)14-26-21(28)23(2,25-22(26)29)16-7-10-18-19(13-16)31-12-4-11-30-18/h5-10,13H,3-4,11-12,14H2,1-2H3,(H,24,27)(H,25,29)/t23-/m1/s1. The Morgan fingerprint density at radius 1 is 1.10 bits per heavy atom. The number of hydrogen-bond donors (Lipinski definition) is 2. The molecular weight excluding hydrogens is 398 g/mol. The summed E-state index contributed by atoms with van der Waals surface area (Å²) in [5, 5.41) is 5.44. The summed E-state index contributed by atoms with van der Waals surface area (Å²) in [6, 6.07) is 12.0. The average Bonchev–Trinajstić information content (AvgIpc) is 2.93. The highest BCUT2D eigenvalue weighted by Gasteiger charge is 2.49. The van der Waals surface area contributed by atoms with E-state index in [1.54, 1.807) is 37.3 Å². The Balaban J connectivity index is 1.48. The summed E-state index contributed by atoms with van der Waals surface area (Å²) >= 11 is 0. The van der Waals surface area contributed by atoms with E-state index < -0.39 is 23.4 Å². The molecular formula is C23H25N3O5. The van der Waals surface area contributed by atoms with Crippen LogP contribution in [0.1, 0.15) is 31.4 Å². The van der Waals surface area contributed by atoms with E-state index in [0.717, 1.165) is 23.3 Å². The Labute approximate surface area is 180 Å². The Hall–Kier alpha value is -3.55. The van der Waals surface area contributed by atoms with E-state index in [9.17, 15) is 14.4 Å². The molecule has 2 aromatic rings. The van der Waals surface area contributed by atoms with E-state index in [-0.39, 0.29) is 6.54 Å². The van der Waals surface area contributed by atoms with Crippen LogP contribution in [-0.4, -0.2) is 42.5 Å². The molecule has 0 spiro atoms. The summed E-state index contributed by atoms with van der Waals surface area (Å²) in [6.07, 6.45) is 1.66. The highest BCUT2D eigenvalue weighted by molar-refractivity contribution is 6.10. The minimum Gasteiger partial charge on any atom is -0.490 e. The highest BCUT2D eigenvalue weighted by Crippen LogP contribution is 2.36. The molecule has 4 rings (SSSR count). The molecule has 4 amide bonds. The predicted octanol–water partition coefficient (Wildman–Crippen LogP) is 2.82. The number of benzene rings is 2. The van der Waals surface area contributed by atoms with Gasteiger partial charge in [-0.05, 0) is 48.7 Å². The van der Waals surface area contributed by atoms with Crippen molar-refractivity contribution in [2.24, 2.45) is 0 Å². The van der Waals surface area contributed by atoms with E-state index in [0.29, 0.717) is 36.0 Å². The minimum absolute atomic E-state index is 0.375. The Morgan fingerprint density at radius 2 is 1.81 bits per heavy atom. The van der Waals surface area contributed by atoms with Gasteiger partial charge in [-0.1, -0.05) is 25.1 Å². The van der Waals surface area contributed by atoms with Gasteiger partial charge < -0.3 is 20.1 Å². The molecule has 0 aliphatic carbocycles. The lowest BCUT2D eigenvalue weighted by Crippen LogP contribution is -2.42. The number of aryl methyl sites for hydroxylation is 1. The van der Waals surface area contributed by atoms with Crippen molar-refractivity contribution in [2.75, 3.05) is 25.1 Å². The van der Waals surface area contributed by atoms with Gasteiger partial charge in [-0.3, -0.25) is 14.5 Å². The lowest BCUT2D eigenvalue weighted by molar-refractivity contribution is -0.133. The fraction of sp³-hybridized carbons (Fsp3) is 0.348. The SMILES string of the molecule is CCc1ccc(NC(=O)CN2C(=O)N[C@](C)(c3ccc4c(c3)OCCCO4)C2=O)cc1. The molecule has 0 bridgehead atoms. The predicted molar refractivity (Wildman–Crippen MR) is 114 cm³/mol. The van der Waals surface area contributed by atoms with E-state index in [1.807, 2.05) is 19.1 Å². The zero-order valence-corrected chi connectivity index (χ0v) is 17.6. The van der Waals surface area contributed by atoms with Gasteiger partial charge in [0.15, 0.2) is 11.5 Å². The molecule has 8 heteroatoms. The number of carbonyl (C=O) groups excluding carboxylic acids is 3. The number of urea groups is 1. The van der Waals surface area contributed by atoms with E-state index in [2.05, 4.69) is 10.6 Å². The number of amides is 4. The van der Waals surface area contributed by atoms with Gasteiger partial charge in [0, 0.05) is 12.1 Å². The second-order valence-corrected chi connectivity index (χ2v) is 7.76. The summed E-state index contributed by atoms with van der Waals surface area (Å²) in [4.78, 5) is 39.1. The lowest BCUT2D eigenvalue weighted by atomic mass is 9.91. The van der Waals surface area contributed by atoms with Crippen molar-refractivity contribution in [3.05, 3.63) is 53.6 Å². The normalized spacial score (nSPS) is 20.3. The number of anilines is 1. The number of hydrogen-bond acceptors (Lipinski definition) is 5. The molecule has 8 nitrogen and oxygen atoms in total. The van der Waals surface area contributed by atoms with Crippen LogP contribution in [0.3, 0.4) is 0 Å². The number of fused-ring (bicyclic) bond motifs is 1. The van der Waals surface area contributed by atoms with Crippen LogP contribution in [0.4, 0.5) is 10.5 Å². The van der Waals surface area contributed by atoms with Gasteiger partial charge in [-0.25, -0.2) is 4.79 Å². The van der Waals surface area contributed by atoms with Gasteiger partial charge in [-0.15, -0.1) is 0 Å². The zero-order valence-electron chi connectivity index (χ0n) is 17.6. The molecule has 0 radical (unpaired) electrons. The summed E-state index contributed by atoms with van der Waals surface area (Å²) in [5.41, 5.74) is 1.02. The van der Waals surface area contributed by atoms with Crippen molar-refractivity contribution >= 4 is 23.5 Å². The summed E-state index contributed by atoms with van der Waals surface area (Å²) < 4.78 is 11.3. The Morgan fingerprint density at radius 3 is 2.52 bits per heavy atom. The van der Waals surface area contributed by atoms with Crippen LogP contribution in [-0.2, 0) is 21.5 Å². The summed E-state index contributed by atoms with van der Waals surface area (Å²) in [5.74, 6) is 0.191. The summed E-state index contributed by atoms with van der Waals surface area (Å²) in [6.45, 7) is 4.36. The van der Waals surface area contributed by atoms with Crippen LogP contribution in [0.5, 0.6) is 11.5 Å². The Bertz CT molecular complexity index is 1020. The molecule has 0 saturated carbocycles. The van der Waals surface area contributed by atoms with Gasteiger partial charge in [0.1, 0.15) is 12.1 Å². The number of imide groups is 1. The molecule has 0 unspecified atom stereocenters. The lowest BCUT2D eigenvalue weighted by Gasteiger charge is -2.23. The van der Waals surface area contributed by atoms with Crippen molar-refractivity contribution in [1.82, 2.24) is 10.2 Å². The number of rotatable bonds is 5. The molecule has 2 aliphatic rings. The number of carbonyl (C=O) groups is 3. The minimum atomic E-state index is -1.30. The molecule has 162 valence electrons. The molecule has 1 saturated heterocycles. The van der Waals surface area contributed by atoms with Gasteiger partial charge in [0.05, 0.1) is 13.2 Å². The molecule has 31 heavy (non-hydrogen) atoms. The van der Waals surface area contributed by atoms with Crippen LogP contribution >= 0.6 is 0 Å². The molecule has 0 aromatic heterocycles. The third-order valence-electron chi connectivity index (χ3n) is 5.55. The van der Waals surface area contributed by atoms with Crippen molar-refractivity contribution in [2.45, 2.75) is 32.2 Å². The number of ether oxygens (including phenoxy) is 2. The van der Waals surface area contributed by atoms with Gasteiger partial charge in [0.25, 0.3) is 5.91 Å². The van der Waals surface area contributed by atoms with Crippen molar-refractivity contribution < 1.29 is 23.9 Å². The number of nitrogens with zero attached hydrogens (tertiary/aromatic N) is 1. The second-order valence-electron chi connectivity index (χ2n) is 7.76. The fourth-order valence-corrected chi connectivity index (χ4v) is 3.68. The summed E-state index contributed by atoms with van der Waals surface area (Å²) in [7, 11) is 0. The van der Waals surface area contributed by atoms with Crippen molar-refractivity contribution in [3.8, 4) is 11.5 Å². The first kappa shape index (κ1) is 20.7. The maximum atomic E-state index is 13.1. The molecule has 2 aromatic carbocycles. The number of nitrogens with one attached hydrogen (secondary N) is 2. The van der Waals surface area contributed by atoms with Crippen LogP contribution in [0.25, 0.3) is 0 Å². The monoisotopic (exact) mass is 423 g/mol. The molecule has 1 fully saturated rings. The van der Waals surface area contributed by atoms with E-state index >= 15 is 0 Å². The average molecular weight is 423 g/mol. The first-order valence-corrected chi connectivity index (χ1v) is 10.3. The maximum Gasteiger partial charge on any atom is 0.325 e. The fourth-order valence-electron chi connectivity index (χ4n) is 3.68. The van der Waals surface area contributed by atoms with Crippen LogP contribution in [0, 0.1) is 0 Å². The van der Waals surface area contributed by atoms with Gasteiger partial charge in [0.2, 0.25) is 5.91 Å². The van der Waals surface area contributed by atoms with E-state index in [4.69, 9.17) is 9.47 Å². The first-order valence-electron chi connectivity index (χ1n) is 10.3. The van der Waals surface area contributed by atoms with Gasteiger partial charge in [-0.2, -0.15) is 0 Å². The zero-order chi connectivity index (χ0) is 22.0. The van der Waals surface area contributed by atoms with Crippen LogP contribution in [0.2, 0.25) is 0 Å². The third-order valence-corrected chi connectivity index (χ3v) is 5.55. The van der Waals surface area contributed by atoms with E-state index in [1.165, 1.54) is 0 Å². The van der Waals surface area contributed by atoms with Crippen molar-refractivity contribution in [3.63, 3.8) is 0 Å². The first-order chi connectivity index (χ1) is 14.9. The maximum absolute atomic E-state index is 13.1. The smallest absolute Gasteiger partial charge is 0.325 e. The third kappa shape index (κ3) is 4.05. The molecule has 2 aliphatic heterocycles. The Kier molecular flexibility index (Phi) is 5.54. The highest BCUT2D eigenvalue weighted by atomic mass is 16.5. The van der Waals surface area contributed by atoms with Crippen molar-refractivity contribution in [1.29, 1.82) is 0 Å². The topological polar surface area (TPSA) is 97.0 Å². The largest absolute Gasteiger partial charge is 0.490 e. The second kappa shape index (κ2) is 8.29.